The Morgan fingerprint density at radius 3 is 2.00 bits per heavy atom. The van der Waals surface area contributed by atoms with Crippen molar-refractivity contribution in [2.24, 2.45) is 0 Å². The molecule has 0 bridgehead atoms. The average molecular weight is 241 g/mol. The summed E-state index contributed by atoms with van der Waals surface area (Å²) >= 11 is 5.38. The van der Waals surface area contributed by atoms with Crippen LogP contribution in [0, 0.1) is 0 Å². The summed E-state index contributed by atoms with van der Waals surface area (Å²) in [6.45, 7) is 6.73. The zero-order valence-electron chi connectivity index (χ0n) is 5.95. The Hall–Kier alpha value is 1.09. The normalized spacial score (nSPS) is 16.1. The molecule has 8 heavy (non-hydrogen) atoms. The van der Waals surface area contributed by atoms with Crippen LogP contribution in [0.15, 0.2) is 0 Å². The molecule has 0 amide bonds. The Morgan fingerprint density at radius 1 is 1.38 bits per heavy atom. The molecular formula is C6H15ClSn. The first-order chi connectivity index (χ1) is 3.63. The van der Waals surface area contributed by atoms with Crippen molar-refractivity contribution >= 4 is 32.7 Å². The molecular weight excluding hydrogens is 226 g/mol. The summed E-state index contributed by atoms with van der Waals surface area (Å²) < 4.78 is 2.37. The maximum absolute atomic E-state index is 5.77. The van der Waals surface area contributed by atoms with Crippen molar-refractivity contribution in [3.63, 3.8) is 0 Å². The van der Waals surface area contributed by atoms with Crippen LogP contribution >= 0.6 is 11.6 Å². The van der Waals surface area contributed by atoms with Crippen molar-refractivity contribution in [2.45, 2.75) is 34.5 Å². The van der Waals surface area contributed by atoms with Gasteiger partial charge < -0.3 is 0 Å². The fourth-order valence-corrected chi connectivity index (χ4v) is 4.62. The van der Waals surface area contributed by atoms with E-state index < -0.39 is 21.1 Å². The maximum atomic E-state index is 5.77. The summed E-state index contributed by atoms with van der Waals surface area (Å²) in [6, 6.07) is 0. The molecule has 0 aromatic heterocycles. The third-order valence-electron chi connectivity index (χ3n) is 1.14. The van der Waals surface area contributed by atoms with Gasteiger partial charge in [0.05, 0.1) is 0 Å². The van der Waals surface area contributed by atoms with E-state index in [0.29, 0.717) is 5.38 Å². The van der Waals surface area contributed by atoms with E-state index in [1.54, 1.807) is 0 Å². The van der Waals surface area contributed by atoms with E-state index >= 15 is 0 Å². The fraction of sp³-hybridized carbons (Fsp3) is 1.00. The van der Waals surface area contributed by atoms with Gasteiger partial charge in [-0.1, -0.05) is 0 Å². The van der Waals surface area contributed by atoms with Gasteiger partial charge in [0.15, 0.2) is 0 Å². The van der Waals surface area contributed by atoms with Crippen molar-refractivity contribution in [1.82, 2.24) is 0 Å². The molecule has 1 atom stereocenters. The molecule has 0 aliphatic heterocycles. The molecule has 0 N–H and O–H groups in total. The molecule has 50 valence electrons. The molecule has 0 nitrogen and oxygen atoms in total. The summed E-state index contributed by atoms with van der Waals surface area (Å²) in [5.41, 5.74) is 0. The zero-order chi connectivity index (χ0) is 6.57. The second-order valence-electron chi connectivity index (χ2n) is 2.75. The van der Waals surface area contributed by atoms with Crippen molar-refractivity contribution in [2.75, 3.05) is 0 Å². The van der Waals surface area contributed by atoms with Crippen LogP contribution in [0.2, 0.25) is 8.37 Å². The van der Waals surface area contributed by atoms with E-state index in [1.165, 1.54) is 4.44 Å². The van der Waals surface area contributed by atoms with E-state index in [1.807, 2.05) is 0 Å². The standard InChI is InChI=1S/C3H6Cl.C3H7.Sn.2H/c1-3(2)4;1-3-2;;;/h3H,1H2,2H3;3H,1-2H3;;;. The van der Waals surface area contributed by atoms with E-state index in [2.05, 4.69) is 20.8 Å². The summed E-state index contributed by atoms with van der Waals surface area (Å²) in [5, 5.41) is 0.452. The molecule has 1 unspecified atom stereocenters. The third-order valence-corrected chi connectivity index (χ3v) is 9.12. The molecule has 0 aliphatic carbocycles. The Bertz CT molecular complexity index is 44.5. The topological polar surface area (TPSA) is 0 Å². The molecule has 0 saturated carbocycles. The quantitative estimate of drug-likeness (QED) is 0.524. The molecule has 0 fully saturated rings. The Balaban J connectivity index is 2.93. The van der Waals surface area contributed by atoms with E-state index in [0.717, 1.165) is 3.93 Å². The number of rotatable bonds is 3. The summed E-state index contributed by atoms with van der Waals surface area (Å²) in [6.07, 6.45) is 0. The van der Waals surface area contributed by atoms with Gasteiger partial charge in [-0.05, 0) is 0 Å². The average Bonchev–Trinajstić information content (AvgIpc) is 1.61. The van der Waals surface area contributed by atoms with Gasteiger partial charge in [-0.2, -0.15) is 0 Å². The predicted molar refractivity (Wildman–Crippen MR) is 43.8 cm³/mol. The second-order valence-corrected chi connectivity index (χ2v) is 11.5. The van der Waals surface area contributed by atoms with Crippen LogP contribution in [-0.2, 0) is 0 Å². The minimum absolute atomic E-state index is 0.390. The third kappa shape index (κ3) is 7.09. The van der Waals surface area contributed by atoms with Crippen molar-refractivity contribution in [3.05, 3.63) is 0 Å². The van der Waals surface area contributed by atoms with Gasteiger partial charge in [0, 0.05) is 0 Å². The molecule has 0 aliphatic rings. The van der Waals surface area contributed by atoms with Crippen LogP contribution in [0.4, 0.5) is 0 Å². The molecule has 2 heteroatoms. The molecule has 0 heterocycles. The van der Waals surface area contributed by atoms with Crippen molar-refractivity contribution in [3.8, 4) is 0 Å². The first kappa shape index (κ1) is 9.09. The summed E-state index contributed by atoms with van der Waals surface area (Å²) in [4.78, 5) is 0. The van der Waals surface area contributed by atoms with Crippen LogP contribution in [0.25, 0.3) is 0 Å². The van der Waals surface area contributed by atoms with Gasteiger partial charge in [0.2, 0.25) is 0 Å². The second kappa shape index (κ2) is 4.92. The van der Waals surface area contributed by atoms with E-state index in [-0.39, 0.29) is 0 Å². The SMILES string of the molecule is CC(Cl)[CH2][SnH2][CH](C)C. The summed E-state index contributed by atoms with van der Waals surface area (Å²) in [7, 11) is 0. The molecule has 0 saturated heterocycles. The van der Waals surface area contributed by atoms with Crippen LogP contribution < -0.4 is 0 Å². The number of hydrogen-bond donors (Lipinski definition) is 0. The van der Waals surface area contributed by atoms with E-state index in [4.69, 9.17) is 11.6 Å². The fourth-order valence-electron chi connectivity index (χ4n) is 0.563. The monoisotopic (exact) mass is 242 g/mol. The van der Waals surface area contributed by atoms with Gasteiger partial charge >= 0.3 is 67.3 Å². The number of alkyl halides is 1. The van der Waals surface area contributed by atoms with Gasteiger partial charge in [-0.15, -0.1) is 0 Å². The zero-order valence-corrected chi connectivity index (χ0v) is 10.7. The van der Waals surface area contributed by atoms with Gasteiger partial charge in [-0.25, -0.2) is 0 Å². The summed E-state index contributed by atoms with van der Waals surface area (Å²) in [5.74, 6) is 0. The molecule has 0 spiro atoms. The Kier molecular flexibility index (Phi) is 5.59. The predicted octanol–water partition coefficient (Wildman–Crippen LogP) is 2.03. The van der Waals surface area contributed by atoms with Gasteiger partial charge in [-0.3, -0.25) is 0 Å². The first-order valence-corrected chi connectivity index (χ1v) is 8.89. The first-order valence-electron chi connectivity index (χ1n) is 3.27. The van der Waals surface area contributed by atoms with Crippen molar-refractivity contribution < 1.29 is 0 Å². The minimum atomic E-state index is -0.390. The van der Waals surface area contributed by atoms with E-state index in [9.17, 15) is 0 Å². The van der Waals surface area contributed by atoms with Gasteiger partial charge in [0.1, 0.15) is 0 Å². The number of hydrogen-bond acceptors (Lipinski definition) is 0. The van der Waals surface area contributed by atoms with Crippen LogP contribution in [-0.4, -0.2) is 26.5 Å². The Labute approximate surface area is 67.2 Å². The van der Waals surface area contributed by atoms with Crippen LogP contribution in [0.1, 0.15) is 20.8 Å². The molecule has 0 rings (SSSR count). The molecule has 0 aromatic rings. The molecule has 0 aromatic carbocycles. The molecule has 0 radical (unpaired) electrons. The Morgan fingerprint density at radius 2 is 1.88 bits per heavy atom. The van der Waals surface area contributed by atoms with Gasteiger partial charge in [0.25, 0.3) is 0 Å². The number of halogens is 1. The van der Waals surface area contributed by atoms with Crippen LogP contribution in [0.5, 0.6) is 0 Å². The van der Waals surface area contributed by atoms with Crippen LogP contribution in [0.3, 0.4) is 0 Å². The van der Waals surface area contributed by atoms with Crippen molar-refractivity contribution in [1.29, 1.82) is 0 Å².